The first-order valence-electron chi connectivity index (χ1n) is 6.71. The topological polar surface area (TPSA) is 112 Å². The Balaban J connectivity index is 1.90. The number of aromatic nitrogens is 2. The molecule has 2 aliphatic rings. The summed E-state index contributed by atoms with van der Waals surface area (Å²) in [6.45, 7) is -1.22. The molecule has 3 heterocycles. The molecule has 128 valence electrons. The van der Waals surface area contributed by atoms with Gasteiger partial charge in [0.1, 0.15) is 18.3 Å². The molecule has 3 rings (SSSR count). The number of halogens is 2. The van der Waals surface area contributed by atoms with Crippen molar-refractivity contribution in [2.75, 3.05) is 13.7 Å². The number of rotatable bonds is 2. The summed E-state index contributed by atoms with van der Waals surface area (Å²) in [6, 6.07) is 0. The molecule has 0 amide bonds. The zero-order chi connectivity index (χ0) is 16.7. The number of H-pyrrole nitrogens is 1. The van der Waals surface area contributed by atoms with Gasteiger partial charge >= 0.3 is 5.69 Å². The van der Waals surface area contributed by atoms with Gasteiger partial charge in [0.05, 0.1) is 12.8 Å². The molecule has 6 atom stereocenters. The highest BCUT2D eigenvalue weighted by Crippen LogP contribution is 2.34. The van der Waals surface area contributed by atoms with E-state index >= 15 is 0 Å². The Morgan fingerprint density at radius 2 is 2.17 bits per heavy atom. The number of nitrogens with zero attached hydrogens (tertiary/aromatic N) is 1. The number of nitrogens with one attached hydrogen (secondary N) is 1. The minimum absolute atomic E-state index is 0.118. The minimum Gasteiger partial charge on any atom is -0.385 e. The summed E-state index contributed by atoms with van der Waals surface area (Å²) >= 11 is 0. The fraction of sp³-hybridized carbons (Fsp3) is 0.667. The Hall–Kier alpha value is -1.66. The van der Waals surface area contributed by atoms with E-state index in [0.717, 1.165) is 0 Å². The van der Waals surface area contributed by atoms with Crippen LogP contribution in [0.1, 0.15) is 6.23 Å². The van der Waals surface area contributed by atoms with Crippen LogP contribution in [-0.2, 0) is 18.9 Å². The fourth-order valence-corrected chi connectivity index (χ4v) is 2.53. The number of hydrogen-bond acceptors (Lipinski definition) is 7. The van der Waals surface area contributed by atoms with Gasteiger partial charge in [-0.1, -0.05) is 0 Å². The number of fused-ring (bicyclic) bond motifs is 1. The third-order valence-corrected chi connectivity index (χ3v) is 3.67. The maximum Gasteiger partial charge on any atom is 0.330 e. The first-order valence-corrected chi connectivity index (χ1v) is 6.71. The van der Waals surface area contributed by atoms with Gasteiger partial charge in [0.2, 0.25) is 5.82 Å². The highest BCUT2D eigenvalue weighted by molar-refractivity contribution is 4.96. The smallest absolute Gasteiger partial charge is 0.330 e. The summed E-state index contributed by atoms with van der Waals surface area (Å²) in [5.74, 6) is -1.27. The fourth-order valence-electron chi connectivity index (χ4n) is 2.53. The van der Waals surface area contributed by atoms with E-state index in [1.54, 1.807) is 4.98 Å². The molecule has 0 radical (unpaired) electrons. The van der Waals surface area contributed by atoms with E-state index in [4.69, 9.17) is 18.9 Å². The van der Waals surface area contributed by atoms with Gasteiger partial charge in [-0.2, -0.15) is 4.39 Å². The Bertz CT molecular complexity index is 691. The highest BCUT2D eigenvalue weighted by Gasteiger charge is 2.50. The maximum atomic E-state index is 14.4. The van der Waals surface area contributed by atoms with Crippen molar-refractivity contribution < 1.29 is 32.8 Å². The number of methoxy groups -OCH3 is 1. The first kappa shape index (κ1) is 16.2. The molecule has 1 unspecified atom stereocenters. The average Bonchev–Trinajstić information content (AvgIpc) is 2.54. The third-order valence-electron chi connectivity index (χ3n) is 3.67. The number of aliphatic hydroxyl groups is 1. The molecule has 0 aliphatic carbocycles. The summed E-state index contributed by atoms with van der Waals surface area (Å²) in [6.07, 6.45) is -6.90. The number of ether oxygens (including phenoxy) is 4. The second kappa shape index (κ2) is 6.09. The summed E-state index contributed by atoms with van der Waals surface area (Å²) in [5.41, 5.74) is -2.27. The summed E-state index contributed by atoms with van der Waals surface area (Å²) < 4.78 is 48.8. The van der Waals surface area contributed by atoms with Crippen LogP contribution in [0.3, 0.4) is 0 Å². The molecule has 0 spiro atoms. The van der Waals surface area contributed by atoms with Crippen LogP contribution in [0.25, 0.3) is 0 Å². The summed E-state index contributed by atoms with van der Waals surface area (Å²) in [7, 11) is 1.30. The number of aromatic amines is 1. The molecule has 2 N–H and O–H groups in total. The lowest BCUT2D eigenvalue weighted by atomic mass is 9.99. The van der Waals surface area contributed by atoms with Gasteiger partial charge in [0.15, 0.2) is 12.4 Å². The lowest BCUT2D eigenvalue weighted by molar-refractivity contribution is -0.383. The van der Waals surface area contributed by atoms with Crippen molar-refractivity contribution in [1.29, 1.82) is 0 Å². The van der Waals surface area contributed by atoms with Crippen molar-refractivity contribution in [1.82, 2.24) is 9.55 Å². The minimum atomic E-state index is -1.94. The second-order valence-corrected chi connectivity index (χ2v) is 5.10. The molecule has 9 nitrogen and oxygen atoms in total. The van der Waals surface area contributed by atoms with Gasteiger partial charge in [-0.05, 0) is 0 Å². The van der Waals surface area contributed by atoms with Gasteiger partial charge in [-0.3, -0.25) is 14.3 Å². The van der Waals surface area contributed by atoms with Crippen molar-refractivity contribution in [3.05, 3.63) is 32.9 Å². The third kappa shape index (κ3) is 2.81. The maximum absolute atomic E-state index is 14.4. The molecular weight excluding hydrogens is 322 g/mol. The Morgan fingerprint density at radius 1 is 1.43 bits per heavy atom. The Kier molecular flexibility index (Phi) is 4.29. The predicted octanol–water partition coefficient (Wildman–Crippen LogP) is -1.38. The van der Waals surface area contributed by atoms with Crippen LogP contribution in [0.4, 0.5) is 8.78 Å². The van der Waals surface area contributed by atoms with Crippen molar-refractivity contribution in [3.8, 4) is 0 Å². The Morgan fingerprint density at radius 3 is 2.87 bits per heavy atom. The zero-order valence-electron chi connectivity index (χ0n) is 11.8. The zero-order valence-corrected chi connectivity index (χ0v) is 11.8. The average molecular weight is 336 g/mol. The van der Waals surface area contributed by atoms with Crippen LogP contribution < -0.4 is 11.2 Å². The monoisotopic (exact) mass is 336 g/mol. The first-order chi connectivity index (χ1) is 10.9. The van der Waals surface area contributed by atoms with Gasteiger partial charge < -0.3 is 24.1 Å². The quantitative estimate of drug-likeness (QED) is 0.684. The van der Waals surface area contributed by atoms with E-state index < -0.39 is 54.3 Å². The van der Waals surface area contributed by atoms with Crippen LogP contribution in [0.2, 0.25) is 0 Å². The van der Waals surface area contributed by atoms with E-state index in [-0.39, 0.29) is 6.61 Å². The van der Waals surface area contributed by atoms with E-state index in [9.17, 15) is 23.5 Å². The van der Waals surface area contributed by atoms with Crippen LogP contribution in [0.5, 0.6) is 0 Å². The molecule has 11 heteroatoms. The van der Waals surface area contributed by atoms with E-state index in [0.29, 0.717) is 10.8 Å². The molecule has 0 aromatic carbocycles. The largest absolute Gasteiger partial charge is 0.385 e. The van der Waals surface area contributed by atoms with Crippen LogP contribution in [-0.4, -0.2) is 59.3 Å². The number of alkyl halides is 1. The lowest BCUT2D eigenvalue weighted by Gasteiger charge is -2.45. The summed E-state index contributed by atoms with van der Waals surface area (Å²) in [4.78, 5) is 24.5. The van der Waals surface area contributed by atoms with Crippen LogP contribution in [0, 0.1) is 5.82 Å². The van der Waals surface area contributed by atoms with E-state index in [2.05, 4.69) is 0 Å². The SMILES string of the molecule is COC1OC[C@H]2O[C@@H](n3cc(F)c(=O)[nH]c3=O)[C@H](O)[C@@H](F)[C@@H]2O1. The predicted molar refractivity (Wildman–Crippen MR) is 67.7 cm³/mol. The van der Waals surface area contributed by atoms with Gasteiger partial charge in [-0.25, -0.2) is 9.18 Å². The summed E-state index contributed by atoms with van der Waals surface area (Å²) in [5, 5.41) is 10.0. The van der Waals surface area contributed by atoms with Crippen molar-refractivity contribution in [3.63, 3.8) is 0 Å². The molecule has 0 bridgehead atoms. The standard InChI is InChI=1S/C12H14F2N2O7/c1-20-12-21-3-5-8(23-12)6(14)7(17)10(22-5)16-2-4(13)9(18)15-11(16)19/h2,5-8,10,12,17H,3H2,1H3,(H,15,18,19)/t5-,6-,7-,8-,10-,12?/m1/s1. The van der Waals surface area contributed by atoms with Crippen molar-refractivity contribution >= 4 is 0 Å². The van der Waals surface area contributed by atoms with Gasteiger partial charge in [0, 0.05) is 7.11 Å². The molecule has 2 saturated heterocycles. The van der Waals surface area contributed by atoms with Crippen LogP contribution >= 0.6 is 0 Å². The Labute approximate surface area is 127 Å². The second-order valence-electron chi connectivity index (χ2n) is 5.10. The molecule has 2 fully saturated rings. The molecule has 0 saturated carbocycles. The highest BCUT2D eigenvalue weighted by atomic mass is 19.1. The molecule has 1 aromatic rings. The van der Waals surface area contributed by atoms with Gasteiger partial charge in [0.25, 0.3) is 12.0 Å². The lowest BCUT2D eigenvalue weighted by Crippen LogP contribution is -2.60. The molecule has 1 aromatic heterocycles. The number of hydrogen-bond donors (Lipinski definition) is 2. The van der Waals surface area contributed by atoms with Crippen LogP contribution in [0.15, 0.2) is 15.8 Å². The van der Waals surface area contributed by atoms with E-state index in [1.165, 1.54) is 7.11 Å². The molecule has 23 heavy (non-hydrogen) atoms. The number of aliphatic hydroxyl groups excluding tert-OH is 1. The normalized spacial score (nSPS) is 37.4. The van der Waals surface area contributed by atoms with Crippen molar-refractivity contribution in [2.45, 2.75) is 37.2 Å². The molecular formula is C12H14F2N2O7. The molecule has 2 aliphatic heterocycles. The van der Waals surface area contributed by atoms with E-state index in [1.807, 2.05) is 0 Å². The van der Waals surface area contributed by atoms with Crippen molar-refractivity contribution in [2.24, 2.45) is 0 Å². The van der Waals surface area contributed by atoms with Gasteiger partial charge in [-0.15, -0.1) is 0 Å².